The minimum Gasteiger partial charge on any atom is -0.505 e. The Bertz CT molecular complexity index is 473. The van der Waals surface area contributed by atoms with E-state index in [4.69, 9.17) is 10.2 Å². The van der Waals surface area contributed by atoms with Crippen molar-refractivity contribution in [1.29, 1.82) is 0 Å². The van der Waals surface area contributed by atoms with Gasteiger partial charge in [-0.3, -0.25) is 0 Å². The first-order valence-electron chi connectivity index (χ1n) is 4.12. The Balaban J connectivity index is 3.37. The van der Waals surface area contributed by atoms with Gasteiger partial charge in [0.05, 0.1) is 6.20 Å². The van der Waals surface area contributed by atoms with Crippen LogP contribution < -0.4 is 4.74 Å². The highest BCUT2D eigenvalue weighted by Gasteiger charge is 2.35. The Morgan fingerprint density at radius 2 is 1.94 bits per heavy atom. The van der Waals surface area contributed by atoms with Gasteiger partial charge < -0.3 is 14.9 Å². The predicted octanol–water partition coefficient (Wildman–Crippen LogP) is 2.32. The van der Waals surface area contributed by atoms with E-state index in [2.05, 4.69) is 9.72 Å². The summed E-state index contributed by atoms with van der Waals surface area (Å²) in [6, 6.07) is 0. The Morgan fingerprint density at radius 3 is 2.33 bits per heavy atom. The van der Waals surface area contributed by atoms with Crippen LogP contribution in [-0.4, -0.2) is 27.5 Å². The molecule has 100 valence electrons. The maximum absolute atomic E-state index is 12.3. The largest absolute Gasteiger partial charge is 0.573 e. The first-order chi connectivity index (χ1) is 8.13. The zero-order valence-electron chi connectivity index (χ0n) is 8.20. The molecule has 2 N–H and O–H groups in total. The second-order valence-corrected chi connectivity index (χ2v) is 2.88. The number of hydrogen-bond donors (Lipinski definition) is 2. The average molecular weight is 273 g/mol. The first kappa shape index (κ1) is 13.9. The molecule has 1 heterocycles. The normalized spacial score (nSPS) is 11.7. The van der Waals surface area contributed by atoms with Crippen molar-refractivity contribution in [1.82, 2.24) is 4.98 Å². The van der Waals surface area contributed by atoms with Crippen molar-refractivity contribution in [2.75, 3.05) is 0 Å². The lowest BCUT2D eigenvalue weighted by Crippen LogP contribution is -2.19. The fraction of sp³-hybridized carbons (Fsp3) is 0.250. The molecule has 0 amide bonds. The number of nitrogens with zero attached hydrogens (tertiary/aromatic N) is 1. The van der Waals surface area contributed by atoms with Gasteiger partial charge in [-0.15, -0.1) is 13.2 Å². The summed E-state index contributed by atoms with van der Waals surface area (Å²) in [5.74, 6) is -5.01. The van der Waals surface area contributed by atoms with Gasteiger partial charge in [0.15, 0.2) is 11.5 Å². The average Bonchev–Trinajstić information content (AvgIpc) is 2.13. The van der Waals surface area contributed by atoms with E-state index >= 15 is 0 Å². The predicted molar refractivity (Wildman–Crippen MR) is 44.5 cm³/mol. The monoisotopic (exact) mass is 273 g/mol. The van der Waals surface area contributed by atoms with Crippen molar-refractivity contribution in [3.8, 4) is 11.5 Å². The summed E-state index contributed by atoms with van der Waals surface area (Å²) in [5.41, 5.74) is -2.78. The molecule has 0 aliphatic carbocycles. The van der Waals surface area contributed by atoms with Crippen LogP contribution in [0.5, 0.6) is 11.5 Å². The number of carboxylic acids is 1. The van der Waals surface area contributed by atoms with Crippen LogP contribution in [0.3, 0.4) is 0 Å². The molecule has 1 aromatic rings. The van der Waals surface area contributed by atoms with Gasteiger partial charge in [0.1, 0.15) is 11.3 Å². The van der Waals surface area contributed by atoms with E-state index in [0.717, 1.165) is 0 Å². The highest BCUT2D eigenvalue weighted by atomic mass is 19.4. The SMILES string of the molecule is O=C(O)c1c(OC(F)(F)F)cnc(C(F)F)c1O. The molecule has 0 aliphatic rings. The fourth-order valence-electron chi connectivity index (χ4n) is 1.07. The van der Waals surface area contributed by atoms with Crippen LogP contribution in [0.2, 0.25) is 0 Å². The number of aromatic carboxylic acids is 1. The van der Waals surface area contributed by atoms with E-state index < -0.39 is 41.5 Å². The lowest BCUT2D eigenvalue weighted by molar-refractivity contribution is -0.274. The van der Waals surface area contributed by atoms with Gasteiger partial charge in [0.2, 0.25) is 0 Å². The third kappa shape index (κ3) is 2.96. The van der Waals surface area contributed by atoms with Gasteiger partial charge >= 0.3 is 12.3 Å². The zero-order chi connectivity index (χ0) is 14.1. The Morgan fingerprint density at radius 1 is 1.39 bits per heavy atom. The molecule has 1 aromatic heterocycles. The molecule has 0 fully saturated rings. The molecule has 10 heteroatoms. The summed E-state index contributed by atoms with van der Waals surface area (Å²) in [7, 11) is 0. The Labute approximate surface area is 95.4 Å². The van der Waals surface area contributed by atoms with E-state index in [9.17, 15) is 26.7 Å². The van der Waals surface area contributed by atoms with Crippen molar-refractivity contribution in [3.63, 3.8) is 0 Å². The first-order valence-corrected chi connectivity index (χ1v) is 4.12. The van der Waals surface area contributed by atoms with E-state index in [1.165, 1.54) is 0 Å². The molecule has 0 aromatic carbocycles. The van der Waals surface area contributed by atoms with Crippen molar-refractivity contribution in [3.05, 3.63) is 17.5 Å². The van der Waals surface area contributed by atoms with Crippen molar-refractivity contribution >= 4 is 5.97 Å². The number of carboxylic acid groups (broad SMARTS) is 1. The summed E-state index contributed by atoms with van der Waals surface area (Å²) >= 11 is 0. The van der Waals surface area contributed by atoms with Crippen LogP contribution in [0.25, 0.3) is 0 Å². The molecule has 0 unspecified atom stereocenters. The van der Waals surface area contributed by atoms with E-state index in [1.54, 1.807) is 0 Å². The van der Waals surface area contributed by atoms with Gasteiger partial charge in [-0.05, 0) is 0 Å². The summed E-state index contributed by atoms with van der Waals surface area (Å²) < 4.78 is 63.5. The zero-order valence-corrected chi connectivity index (χ0v) is 8.20. The van der Waals surface area contributed by atoms with Crippen molar-refractivity contribution < 1.29 is 41.7 Å². The van der Waals surface area contributed by atoms with E-state index in [0.29, 0.717) is 0 Å². The van der Waals surface area contributed by atoms with Gasteiger partial charge in [-0.2, -0.15) is 0 Å². The molecule has 1 rings (SSSR count). The van der Waals surface area contributed by atoms with Crippen LogP contribution in [0.15, 0.2) is 6.20 Å². The van der Waals surface area contributed by atoms with Gasteiger partial charge in [0.25, 0.3) is 6.43 Å². The Kier molecular flexibility index (Phi) is 3.58. The lowest BCUT2D eigenvalue weighted by Gasteiger charge is -2.13. The molecular formula is C8H4F5NO4. The number of pyridine rings is 1. The maximum atomic E-state index is 12.3. The highest BCUT2D eigenvalue weighted by Crippen LogP contribution is 2.36. The third-order valence-electron chi connectivity index (χ3n) is 1.69. The second-order valence-electron chi connectivity index (χ2n) is 2.88. The van der Waals surface area contributed by atoms with Crippen molar-refractivity contribution in [2.45, 2.75) is 12.8 Å². The number of alkyl halides is 5. The summed E-state index contributed by atoms with van der Waals surface area (Å²) in [5, 5.41) is 17.7. The third-order valence-corrected chi connectivity index (χ3v) is 1.69. The molecule has 0 atom stereocenters. The molecule has 0 radical (unpaired) electrons. The van der Waals surface area contributed by atoms with Crippen LogP contribution in [0, 0.1) is 0 Å². The number of halogens is 5. The van der Waals surface area contributed by atoms with Gasteiger partial charge in [-0.25, -0.2) is 18.6 Å². The number of aromatic nitrogens is 1. The molecule has 0 aliphatic heterocycles. The molecule has 0 saturated carbocycles. The topological polar surface area (TPSA) is 79.7 Å². The van der Waals surface area contributed by atoms with Gasteiger partial charge in [0, 0.05) is 0 Å². The second kappa shape index (κ2) is 4.63. The molecule has 0 saturated heterocycles. The van der Waals surface area contributed by atoms with Crippen LogP contribution >= 0.6 is 0 Å². The fourth-order valence-corrected chi connectivity index (χ4v) is 1.07. The van der Waals surface area contributed by atoms with Crippen molar-refractivity contribution in [2.24, 2.45) is 0 Å². The van der Waals surface area contributed by atoms with Crippen LogP contribution in [-0.2, 0) is 0 Å². The number of ether oxygens (including phenoxy) is 1. The molecule has 0 spiro atoms. The number of hydrogen-bond acceptors (Lipinski definition) is 4. The number of carbonyl (C=O) groups is 1. The van der Waals surface area contributed by atoms with E-state index in [1.807, 2.05) is 0 Å². The minimum atomic E-state index is -5.25. The summed E-state index contributed by atoms with van der Waals surface area (Å²) in [6.45, 7) is 0. The highest BCUT2D eigenvalue weighted by molar-refractivity contribution is 5.94. The van der Waals surface area contributed by atoms with Crippen LogP contribution in [0.4, 0.5) is 22.0 Å². The van der Waals surface area contributed by atoms with Gasteiger partial charge in [-0.1, -0.05) is 0 Å². The standard InChI is InChI=1S/C8H4F5NO4/c9-6(10)4-5(15)3(7(16)17)2(1-14-4)18-8(11,12)13/h1,6,15H,(H,16,17). The quantitative estimate of drug-likeness (QED) is 0.826. The molecule has 5 nitrogen and oxygen atoms in total. The van der Waals surface area contributed by atoms with Crippen LogP contribution in [0.1, 0.15) is 22.5 Å². The molecule has 0 bridgehead atoms. The lowest BCUT2D eigenvalue weighted by atomic mass is 10.2. The Hall–Kier alpha value is -2.13. The number of rotatable bonds is 3. The maximum Gasteiger partial charge on any atom is 0.573 e. The summed E-state index contributed by atoms with van der Waals surface area (Å²) in [6.07, 6.45) is -8.44. The smallest absolute Gasteiger partial charge is 0.505 e. The molecular weight excluding hydrogens is 269 g/mol. The minimum absolute atomic E-state index is 0.151. The van der Waals surface area contributed by atoms with E-state index in [-0.39, 0.29) is 6.20 Å². The molecule has 18 heavy (non-hydrogen) atoms. The summed E-state index contributed by atoms with van der Waals surface area (Å²) in [4.78, 5) is 13.4. The number of aromatic hydroxyl groups is 1.